The van der Waals surface area contributed by atoms with Crippen LogP contribution in [0.25, 0.3) is 21.0 Å². The highest BCUT2D eigenvalue weighted by Crippen LogP contribution is 2.46. The molecule has 0 radical (unpaired) electrons. The number of benzene rings is 2. The highest BCUT2D eigenvalue weighted by Gasteiger charge is 2.41. The summed E-state index contributed by atoms with van der Waals surface area (Å²) in [6.07, 6.45) is 4.22. The maximum absolute atomic E-state index is 9.59. The highest BCUT2D eigenvalue weighted by atomic mass is 32.1. The van der Waals surface area contributed by atoms with Gasteiger partial charge in [-0.15, -0.1) is 11.3 Å². The molecule has 1 atom stereocenters. The van der Waals surface area contributed by atoms with Gasteiger partial charge in [-0.2, -0.15) is 5.26 Å². The van der Waals surface area contributed by atoms with Crippen LogP contribution in [0, 0.1) is 11.3 Å². The zero-order chi connectivity index (χ0) is 24.7. The van der Waals surface area contributed by atoms with Crippen molar-refractivity contribution in [3.63, 3.8) is 0 Å². The van der Waals surface area contributed by atoms with Crippen molar-refractivity contribution in [3.05, 3.63) is 59.3 Å². The van der Waals surface area contributed by atoms with Crippen molar-refractivity contribution in [3.8, 4) is 32.8 Å². The fraction of sp³-hybridized carbons (Fsp3) is 0.429. The summed E-state index contributed by atoms with van der Waals surface area (Å²) in [5.41, 5.74) is 5.45. The second kappa shape index (κ2) is 9.29. The van der Waals surface area contributed by atoms with Crippen LogP contribution in [-0.2, 0) is 10.8 Å². The Bertz CT molecular complexity index is 1230. The molecule has 0 saturated carbocycles. The highest BCUT2D eigenvalue weighted by molar-refractivity contribution is 7.18. The Morgan fingerprint density at radius 3 is 2.62 bits per heavy atom. The van der Waals surface area contributed by atoms with Gasteiger partial charge in [-0.1, -0.05) is 39.0 Å². The normalized spacial score (nSPS) is 15.9. The van der Waals surface area contributed by atoms with Gasteiger partial charge in [0.25, 0.3) is 0 Å². The van der Waals surface area contributed by atoms with Gasteiger partial charge in [-0.25, -0.2) is 4.98 Å². The summed E-state index contributed by atoms with van der Waals surface area (Å²) in [7, 11) is -1.85. The zero-order valence-electron chi connectivity index (χ0n) is 21.2. The largest absolute Gasteiger partial charge is 0.490 e. The third-order valence-electron chi connectivity index (χ3n) is 6.94. The van der Waals surface area contributed by atoms with Gasteiger partial charge in [-0.3, -0.25) is 0 Å². The summed E-state index contributed by atoms with van der Waals surface area (Å²) in [5, 5.41) is 10.7. The first-order valence-electron chi connectivity index (χ1n) is 12.0. The van der Waals surface area contributed by atoms with Gasteiger partial charge in [-0.05, 0) is 79.7 Å². The first-order chi connectivity index (χ1) is 16.0. The molecule has 6 heteroatoms. The molecule has 0 saturated heterocycles. The van der Waals surface area contributed by atoms with Crippen LogP contribution in [0.5, 0.6) is 5.75 Å². The van der Waals surface area contributed by atoms with Crippen LogP contribution >= 0.6 is 11.3 Å². The first kappa shape index (κ1) is 24.7. The number of hydrogen-bond donors (Lipinski definition) is 0. The van der Waals surface area contributed by atoms with Crippen molar-refractivity contribution in [2.75, 3.05) is 0 Å². The predicted octanol–water partition coefficient (Wildman–Crippen LogP) is 8.15. The molecule has 1 aromatic heterocycles. The fourth-order valence-electron chi connectivity index (χ4n) is 4.14. The molecule has 1 heterocycles. The van der Waals surface area contributed by atoms with Gasteiger partial charge in [0.1, 0.15) is 16.8 Å². The van der Waals surface area contributed by atoms with Gasteiger partial charge in [0.05, 0.1) is 22.6 Å². The van der Waals surface area contributed by atoms with Crippen molar-refractivity contribution in [1.29, 1.82) is 5.26 Å². The monoisotopic (exact) mass is 490 g/mol. The van der Waals surface area contributed by atoms with E-state index in [1.54, 1.807) is 11.3 Å². The summed E-state index contributed by atoms with van der Waals surface area (Å²) in [6.45, 7) is 15.5. The van der Waals surface area contributed by atoms with Crippen molar-refractivity contribution < 1.29 is 9.16 Å². The third kappa shape index (κ3) is 4.83. The molecule has 2 aromatic carbocycles. The van der Waals surface area contributed by atoms with Gasteiger partial charge in [0, 0.05) is 11.8 Å². The van der Waals surface area contributed by atoms with Gasteiger partial charge >= 0.3 is 0 Å². The Hall–Kier alpha value is -2.46. The quantitative estimate of drug-likeness (QED) is 0.327. The lowest BCUT2D eigenvalue weighted by Gasteiger charge is -2.38. The van der Waals surface area contributed by atoms with Crippen LogP contribution in [0.1, 0.15) is 63.8 Å². The molecule has 1 unspecified atom stereocenters. The number of rotatable bonds is 6. The van der Waals surface area contributed by atoms with Crippen LogP contribution in [0.3, 0.4) is 0 Å². The van der Waals surface area contributed by atoms with Crippen LogP contribution in [-0.4, -0.2) is 19.4 Å². The molecule has 3 aromatic rings. The standard InChI is InChI=1S/C28H34N2O2SSi/c1-18(2)31-24-13-11-19(15-20(24)16-29)27-30-17-26(33-27)23-10-8-9-22-21(23)12-14-25(22)32-34(6,7)28(3,4)5/h8-11,13,15,17-18,25H,12,14H2,1-7H3. The van der Waals surface area contributed by atoms with Gasteiger partial charge < -0.3 is 9.16 Å². The minimum Gasteiger partial charge on any atom is -0.490 e. The van der Waals surface area contributed by atoms with E-state index in [0.29, 0.717) is 11.3 Å². The van der Waals surface area contributed by atoms with Crippen molar-refractivity contribution in [2.24, 2.45) is 0 Å². The van der Waals surface area contributed by atoms with Crippen molar-refractivity contribution >= 4 is 19.7 Å². The molecule has 0 fully saturated rings. The third-order valence-corrected chi connectivity index (χ3v) is 12.5. The van der Waals surface area contributed by atoms with E-state index >= 15 is 0 Å². The molecule has 0 N–H and O–H groups in total. The number of aromatic nitrogens is 1. The van der Waals surface area contributed by atoms with Crippen LogP contribution in [0.15, 0.2) is 42.6 Å². The lowest BCUT2D eigenvalue weighted by atomic mass is 10.0. The molecule has 0 spiro atoms. The lowest BCUT2D eigenvalue weighted by Crippen LogP contribution is -2.41. The number of nitrogens with zero attached hydrogens (tertiary/aromatic N) is 2. The number of nitriles is 1. The van der Waals surface area contributed by atoms with E-state index in [-0.39, 0.29) is 17.2 Å². The maximum Gasteiger partial charge on any atom is 0.192 e. The predicted molar refractivity (Wildman–Crippen MR) is 143 cm³/mol. The molecule has 34 heavy (non-hydrogen) atoms. The Balaban J connectivity index is 1.63. The summed E-state index contributed by atoms with van der Waals surface area (Å²) < 4.78 is 12.6. The SMILES string of the molecule is CC(C)Oc1ccc(-c2ncc(-c3cccc4c3CCC4O[Si](C)(C)C(C)(C)C)s2)cc1C#N. The average Bonchev–Trinajstić information content (AvgIpc) is 3.40. The number of thiazole rings is 1. The smallest absolute Gasteiger partial charge is 0.192 e. The van der Waals surface area contributed by atoms with E-state index in [4.69, 9.17) is 14.1 Å². The molecule has 4 rings (SSSR count). The molecule has 0 bridgehead atoms. The molecular formula is C28H34N2O2SSi. The molecule has 178 valence electrons. The number of fused-ring (bicyclic) bond motifs is 1. The van der Waals surface area contributed by atoms with E-state index in [1.807, 2.05) is 38.2 Å². The molecule has 1 aliphatic rings. The molecule has 0 aliphatic heterocycles. The average molecular weight is 491 g/mol. The second-order valence-corrected chi connectivity index (χ2v) is 16.6. The van der Waals surface area contributed by atoms with E-state index in [9.17, 15) is 5.26 Å². The van der Waals surface area contributed by atoms with Gasteiger partial charge in [0.15, 0.2) is 8.32 Å². The summed E-state index contributed by atoms with van der Waals surface area (Å²) in [4.78, 5) is 5.86. The Kier molecular flexibility index (Phi) is 6.74. The lowest BCUT2D eigenvalue weighted by molar-refractivity contribution is 0.185. The molecule has 1 aliphatic carbocycles. The Labute approximate surface area is 208 Å². The minimum absolute atomic E-state index is 0.0223. The second-order valence-electron chi connectivity index (χ2n) is 10.8. The van der Waals surface area contributed by atoms with Crippen molar-refractivity contribution in [2.45, 2.75) is 77.8 Å². The van der Waals surface area contributed by atoms with E-state index in [0.717, 1.165) is 28.3 Å². The van der Waals surface area contributed by atoms with Crippen LogP contribution in [0.4, 0.5) is 0 Å². The van der Waals surface area contributed by atoms with Crippen LogP contribution < -0.4 is 4.74 Å². The molecule has 0 amide bonds. The fourth-order valence-corrected chi connectivity index (χ4v) is 6.42. The molecular weight excluding hydrogens is 456 g/mol. The minimum atomic E-state index is -1.85. The molecule has 4 nitrogen and oxygen atoms in total. The summed E-state index contributed by atoms with van der Waals surface area (Å²) in [6, 6.07) is 14.6. The number of hydrogen-bond acceptors (Lipinski definition) is 5. The van der Waals surface area contributed by atoms with Crippen LogP contribution in [0.2, 0.25) is 18.1 Å². The van der Waals surface area contributed by atoms with Gasteiger partial charge in [0.2, 0.25) is 0 Å². The topological polar surface area (TPSA) is 55.1 Å². The van der Waals surface area contributed by atoms with E-state index < -0.39 is 8.32 Å². The Morgan fingerprint density at radius 2 is 1.94 bits per heavy atom. The Morgan fingerprint density at radius 1 is 1.18 bits per heavy atom. The van der Waals surface area contributed by atoms with E-state index in [1.165, 1.54) is 16.7 Å². The van der Waals surface area contributed by atoms with E-state index in [2.05, 4.69) is 58.1 Å². The van der Waals surface area contributed by atoms with Crippen molar-refractivity contribution in [1.82, 2.24) is 4.98 Å². The maximum atomic E-state index is 9.59. The number of ether oxygens (including phenoxy) is 1. The first-order valence-corrected chi connectivity index (χ1v) is 15.7. The zero-order valence-corrected chi connectivity index (χ0v) is 23.0. The summed E-state index contributed by atoms with van der Waals surface area (Å²) in [5.74, 6) is 0.617. The summed E-state index contributed by atoms with van der Waals surface area (Å²) >= 11 is 1.67.